The van der Waals surface area contributed by atoms with Crippen LogP contribution in [0.2, 0.25) is 0 Å². The maximum absolute atomic E-state index is 13.0. The summed E-state index contributed by atoms with van der Waals surface area (Å²) in [5, 5.41) is 5.54. The molecule has 3 aliphatic heterocycles. The minimum atomic E-state index is -3.64. The van der Waals surface area contributed by atoms with Gasteiger partial charge in [-0.05, 0) is 62.1 Å². The Balaban J connectivity index is 1.39. The fourth-order valence-electron chi connectivity index (χ4n) is 4.64. The minimum absolute atomic E-state index is 0.0805. The Hall–Kier alpha value is -3.24. The highest BCUT2D eigenvalue weighted by Gasteiger charge is 2.38. The summed E-state index contributed by atoms with van der Waals surface area (Å²) in [6.07, 6.45) is 3.06. The highest BCUT2D eigenvalue weighted by Crippen LogP contribution is 2.30. The van der Waals surface area contributed by atoms with E-state index in [1.165, 1.54) is 16.4 Å². The van der Waals surface area contributed by atoms with E-state index in [0.29, 0.717) is 43.0 Å². The van der Waals surface area contributed by atoms with Crippen LogP contribution in [-0.2, 0) is 14.8 Å². The molecular weight excluding hydrogens is 444 g/mol. The third kappa shape index (κ3) is 3.89. The van der Waals surface area contributed by atoms with Gasteiger partial charge in [-0.15, -0.1) is 0 Å². The van der Waals surface area contributed by atoms with Crippen LogP contribution in [0.3, 0.4) is 0 Å². The van der Waals surface area contributed by atoms with Gasteiger partial charge in [0, 0.05) is 30.9 Å². The van der Waals surface area contributed by atoms with E-state index >= 15 is 0 Å². The van der Waals surface area contributed by atoms with Crippen molar-refractivity contribution in [1.82, 2.24) is 9.21 Å². The van der Waals surface area contributed by atoms with Crippen molar-refractivity contribution in [1.29, 1.82) is 0 Å². The average molecular weight is 469 g/mol. The molecule has 2 saturated heterocycles. The molecule has 3 aliphatic rings. The lowest BCUT2D eigenvalue weighted by Gasteiger charge is -2.20. The van der Waals surface area contributed by atoms with Crippen LogP contribution in [0.4, 0.5) is 11.4 Å². The molecule has 9 nitrogen and oxygen atoms in total. The molecule has 172 valence electrons. The molecule has 2 aromatic carbocycles. The van der Waals surface area contributed by atoms with E-state index in [0.717, 1.165) is 19.3 Å². The largest absolute Gasteiger partial charge is 0.327 e. The van der Waals surface area contributed by atoms with Gasteiger partial charge in [-0.1, -0.05) is 6.07 Å². The quantitative estimate of drug-likeness (QED) is 0.714. The van der Waals surface area contributed by atoms with Gasteiger partial charge in [-0.25, -0.2) is 8.42 Å². The number of hydrogen-bond acceptors (Lipinski definition) is 5. The molecule has 3 heterocycles. The van der Waals surface area contributed by atoms with Crippen molar-refractivity contribution >= 4 is 39.1 Å². The molecule has 10 heteroatoms. The van der Waals surface area contributed by atoms with Crippen molar-refractivity contribution in [2.45, 2.75) is 36.6 Å². The van der Waals surface area contributed by atoms with Gasteiger partial charge in [0.2, 0.25) is 15.9 Å². The molecule has 5 rings (SSSR count). The van der Waals surface area contributed by atoms with Gasteiger partial charge in [0.05, 0.1) is 16.1 Å². The fraction of sp³-hybridized carbons (Fsp3) is 0.348. The molecule has 33 heavy (non-hydrogen) atoms. The van der Waals surface area contributed by atoms with E-state index in [4.69, 9.17) is 0 Å². The predicted octanol–water partition coefficient (Wildman–Crippen LogP) is 2.28. The maximum Gasteiger partial charge on any atom is 0.256 e. The van der Waals surface area contributed by atoms with Gasteiger partial charge in [-0.2, -0.15) is 4.31 Å². The summed E-state index contributed by atoms with van der Waals surface area (Å²) in [6, 6.07) is 10.2. The van der Waals surface area contributed by atoms with Crippen molar-refractivity contribution in [2.24, 2.45) is 0 Å². The summed E-state index contributed by atoms with van der Waals surface area (Å²) in [5.41, 5.74) is 1.31. The zero-order chi connectivity index (χ0) is 23.2. The first kappa shape index (κ1) is 21.6. The number of carbonyl (C=O) groups excluding carboxylic acids is 3. The summed E-state index contributed by atoms with van der Waals surface area (Å²) >= 11 is 0. The molecule has 2 fully saturated rings. The molecule has 0 spiro atoms. The molecule has 2 aromatic rings. The van der Waals surface area contributed by atoms with Crippen LogP contribution in [0.1, 0.15) is 46.4 Å². The average Bonchev–Trinajstić information content (AvgIpc) is 3.51. The third-order valence-corrected chi connectivity index (χ3v) is 8.28. The molecule has 0 aromatic heterocycles. The second-order valence-corrected chi connectivity index (χ2v) is 10.4. The van der Waals surface area contributed by atoms with Gasteiger partial charge < -0.3 is 15.5 Å². The number of nitrogens with one attached hydrogen (secondary N) is 2. The van der Waals surface area contributed by atoms with Gasteiger partial charge in [-0.3, -0.25) is 14.4 Å². The lowest BCUT2D eigenvalue weighted by Crippen LogP contribution is -2.40. The Morgan fingerprint density at radius 3 is 2.58 bits per heavy atom. The van der Waals surface area contributed by atoms with Gasteiger partial charge in [0.15, 0.2) is 0 Å². The smallest absolute Gasteiger partial charge is 0.256 e. The number of amides is 3. The number of rotatable bonds is 4. The van der Waals surface area contributed by atoms with Gasteiger partial charge in [0.25, 0.3) is 11.8 Å². The number of anilines is 2. The molecule has 3 amide bonds. The molecule has 0 aliphatic carbocycles. The molecule has 0 saturated carbocycles. The van der Waals surface area contributed by atoms with Crippen molar-refractivity contribution in [3.63, 3.8) is 0 Å². The zero-order valence-electron chi connectivity index (χ0n) is 17.9. The number of fused-ring (bicyclic) bond motifs is 2. The van der Waals surface area contributed by atoms with E-state index in [1.54, 1.807) is 35.2 Å². The first-order valence-corrected chi connectivity index (χ1v) is 12.5. The van der Waals surface area contributed by atoms with Crippen LogP contribution in [0.5, 0.6) is 0 Å². The van der Waals surface area contributed by atoms with E-state index < -0.39 is 22.0 Å². The summed E-state index contributed by atoms with van der Waals surface area (Å²) in [7, 11) is -3.64. The Morgan fingerprint density at radius 2 is 1.79 bits per heavy atom. The van der Waals surface area contributed by atoms with E-state index in [2.05, 4.69) is 10.6 Å². The van der Waals surface area contributed by atoms with E-state index in [9.17, 15) is 22.8 Å². The van der Waals surface area contributed by atoms with Crippen molar-refractivity contribution in [3.05, 3.63) is 53.6 Å². The van der Waals surface area contributed by atoms with Gasteiger partial charge >= 0.3 is 0 Å². The second-order valence-electron chi connectivity index (χ2n) is 8.50. The molecular formula is C23H24N4O5S. The van der Waals surface area contributed by atoms with Crippen LogP contribution in [0.15, 0.2) is 47.4 Å². The first-order chi connectivity index (χ1) is 15.8. The second kappa shape index (κ2) is 8.27. The molecule has 0 bridgehead atoms. The maximum atomic E-state index is 13.0. The summed E-state index contributed by atoms with van der Waals surface area (Å²) < 4.78 is 27.1. The van der Waals surface area contributed by atoms with Gasteiger partial charge in [0.1, 0.15) is 6.04 Å². The lowest BCUT2D eigenvalue weighted by atomic mass is 10.1. The minimum Gasteiger partial charge on any atom is -0.327 e. The Kier molecular flexibility index (Phi) is 5.41. The van der Waals surface area contributed by atoms with Crippen molar-refractivity contribution < 1.29 is 22.8 Å². The Labute approximate surface area is 191 Å². The highest BCUT2D eigenvalue weighted by atomic mass is 32.2. The number of benzene rings is 2. The van der Waals surface area contributed by atoms with Crippen LogP contribution >= 0.6 is 0 Å². The Bertz CT molecular complexity index is 1250. The summed E-state index contributed by atoms with van der Waals surface area (Å²) in [5.74, 6) is -0.939. The van der Waals surface area contributed by atoms with Crippen LogP contribution < -0.4 is 10.6 Å². The van der Waals surface area contributed by atoms with E-state index in [-0.39, 0.29) is 22.3 Å². The van der Waals surface area contributed by atoms with Crippen LogP contribution in [0, 0.1) is 0 Å². The number of carbonyl (C=O) groups is 3. The Morgan fingerprint density at radius 1 is 1.00 bits per heavy atom. The number of nitrogens with zero attached hydrogens (tertiary/aromatic N) is 2. The third-order valence-electron chi connectivity index (χ3n) is 6.38. The standard InChI is InChI=1S/C23H24N4O5S/c28-21(15-5-3-6-17(13-15)33(31,32)26-10-1-2-11-26)24-16-8-9-19-18(14-16)23(30)27-12-4-7-20(27)22(29)25-19/h3,5-6,8-9,13-14,20H,1-2,4,7,10-12H2,(H,24,28)(H,25,29). The molecule has 0 radical (unpaired) electrons. The zero-order valence-corrected chi connectivity index (χ0v) is 18.7. The fourth-order valence-corrected chi connectivity index (χ4v) is 6.20. The molecule has 2 N–H and O–H groups in total. The topological polar surface area (TPSA) is 116 Å². The SMILES string of the molecule is O=C(Nc1ccc2c(c1)C(=O)N1CCCC1C(=O)N2)c1cccc(S(=O)(=O)N2CCCC2)c1. The van der Waals surface area contributed by atoms with E-state index in [1.807, 2.05) is 0 Å². The number of sulfonamides is 1. The van der Waals surface area contributed by atoms with Crippen LogP contribution in [-0.4, -0.2) is 61.0 Å². The van der Waals surface area contributed by atoms with Crippen molar-refractivity contribution in [2.75, 3.05) is 30.3 Å². The normalized spacial score (nSPS) is 20.7. The summed E-state index contributed by atoms with van der Waals surface area (Å²) in [4.78, 5) is 40.0. The first-order valence-electron chi connectivity index (χ1n) is 11.0. The molecule has 1 unspecified atom stereocenters. The van der Waals surface area contributed by atoms with Crippen molar-refractivity contribution in [3.8, 4) is 0 Å². The van der Waals surface area contributed by atoms with Crippen LogP contribution in [0.25, 0.3) is 0 Å². The monoisotopic (exact) mass is 468 g/mol. The lowest BCUT2D eigenvalue weighted by molar-refractivity contribution is -0.119. The number of hydrogen-bond donors (Lipinski definition) is 2. The predicted molar refractivity (Wildman–Crippen MR) is 122 cm³/mol. The summed E-state index contributed by atoms with van der Waals surface area (Å²) in [6.45, 7) is 1.48. The molecule has 1 atom stereocenters. The highest BCUT2D eigenvalue weighted by molar-refractivity contribution is 7.89.